The number of fused-ring (bicyclic) bond motifs is 1. The van der Waals surface area contributed by atoms with Gasteiger partial charge in [0.1, 0.15) is 0 Å². The van der Waals surface area contributed by atoms with Crippen molar-refractivity contribution in [1.82, 2.24) is 19.3 Å². The minimum Gasteiger partial charge on any atom is -0.324 e. The normalized spacial score (nSPS) is 11.4. The molecule has 110 valence electrons. The van der Waals surface area contributed by atoms with Crippen LogP contribution in [0, 0.1) is 11.6 Å². The van der Waals surface area contributed by atoms with Crippen molar-refractivity contribution in [3.8, 4) is 0 Å². The summed E-state index contributed by atoms with van der Waals surface area (Å²) in [6.45, 7) is 5.38. The Morgan fingerprint density at radius 3 is 2.57 bits per heavy atom. The van der Waals surface area contributed by atoms with E-state index in [1.165, 1.54) is 6.07 Å². The van der Waals surface area contributed by atoms with E-state index in [-0.39, 0.29) is 0 Å². The molecule has 0 fully saturated rings. The van der Waals surface area contributed by atoms with Crippen LogP contribution >= 0.6 is 0 Å². The average Bonchev–Trinajstić information content (AvgIpc) is 3.05. The van der Waals surface area contributed by atoms with E-state index in [1.807, 2.05) is 17.7 Å². The minimum absolute atomic E-state index is 0.451. The highest BCUT2D eigenvalue weighted by Crippen LogP contribution is 2.19. The van der Waals surface area contributed by atoms with Crippen LogP contribution in [0.15, 0.2) is 24.5 Å². The zero-order chi connectivity index (χ0) is 15.0. The molecule has 0 radical (unpaired) electrons. The summed E-state index contributed by atoms with van der Waals surface area (Å²) in [4.78, 5) is 4.13. The van der Waals surface area contributed by atoms with Gasteiger partial charge in [-0.15, -0.1) is 0 Å². The third-order valence-electron chi connectivity index (χ3n) is 3.57. The third kappa shape index (κ3) is 2.41. The monoisotopic (exact) mass is 290 g/mol. The molecule has 0 atom stereocenters. The first-order chi connectivity index (χ1) is 10.1. The van der Waals surface area contributed by atoms with Gasteiger partial charge in [-0.25, -0.2) is 13.8 Å². The second-order valence-electron chi connectivity index (χ2n) is 4.92. The second-order valence-corrected chi connectivity index (χ2v) is 4.92. The van der Waals surface area contributed by atoms with Crippen LogP contribution in [0.3, 0.4) is 0 Å². The van der Waals surface area contributed by atoms with Crippen LogP contribution in [-0.4, -0.2) is 19.3 Å². The molecule has 4 nitrogen and oxygen atoms in total. The van der Waals surface area contributed by atoms with Crippen molar-refractivity contribution in [2.75, 3.05) is 0 Å². The quantitative estimate of drug-likeness (QED) is 0.740. The summed E-state index contributed by atoms with van der Waals surface area (Å²) in [7, 11) is 0. The fourth-order valence-corrected chi connectivity index (χ4v) is 2.44. The predicted molar refractivity (Wildman–Crippen MR) is 76.0 cm³/mol. The van der Waals surface area contributed by atoms with Gasteiger partial charge >= 0.3 is 0 Å². The Labute approximate surface area is 121 Å². The van der Waals surface area contributed by atoms with E-state index in [4.69, 9.17) is 0 Å². The summed E-state index contributed by atoms with van der Waals surface area (Å²) in [5.41, 5.74) is 3.08. The first-order valence-electron chi connectivity index (χ1n) is 6.97. The van der Waals surface area contributed by atoms with E-state index in [1.54, 1.807) is 10.9 Å². The van der Waals surface area contributed by atoms with Crippen LogP contribution in [0.4, 0.5) is 8.78 Å². The highest BCUT2D eigenvalue weighted by molar-refractivity contribution is 5.75. The highest BCUT2D eigenvalue weighted by atomic mass is 19.2. The van der Waals surface area contributed by atoms with E-state index < -0.39 is 11.6 Å². The van der Waals surface area contributed by atoms with Crippen molar-refractivity contribution in [3.63, 3.8) is 0 Å². The standard InChI is InChI=1S/C15H16F2N4/c1-3-10-5-11(21(4-2)19-10)8-20-9-18-14-6-12(16)13(17)7-15(14)20/h5-7,9H,3-4,8H2,1-2H3. The molecule has 2 heterocycles. The summed E-state index contributed by atoms with van der Waals surface area (Å²) in [5.74, 6) is -1.73. The maximum absolute atomic E-state index is 13.4. The van der Waals surface area contributed by atoms with E-state index in [2.05, 4.69) is 17.0 Å². The van der Waals surface area contributed by atoms with Gasteiger partial charge in [-0.2, -0.15) is 5.10 Å². The Kier molecular flexibility index (Phi) is 3.45. The van der Waals surface area contributed by atoms with Gasteiger partial charge in [-0.3, -0.25) is 4.68 Å². The molecule has 0 N–H and O–H groups in total. The molecule has 0 saturated heterocycles. The first kappa shape index (κ1) is 13.7. The van der Waals surface area contributed by atoms with Crippen LogP contribution < -0.4 is 0 Å². The summed E-state index contributed by atoms with van der Waals surface area (Å²) in [6, 6.07) is 4.34. The van der Waals surface area contributed by atoms with Gasteiger partial charge < -0.3 is 4.57 Å². The van der Waals surface area contributed by atoms with E-state index in [0.29, 0.717) is 17.6 Å². The number of aryl methyl sites for hydroxylation is 2. The lowest BCUT2D eigenvalue weighted by atomic mass is 10.2. The molecule has 0 amide bonds. The number of rotatable bonds is 4. The average molecular weight is 290 g/mol. The predicted octanol–water partition coefficient (Wildman–Crippen LogP) is 3.14. The molecule has 0 aliphatic carbocycles. The Balaban J connectivity index is 2.02. The zero-order valence-electron chi connectivity index (χ0n) is 12.0. The molecule has 0 spiro atoms. The summed E-state index contributed by atoms with van der Waals surface area (Å²) < 4.78 is 30.4. The molecule has 1 aromatic carbocycles. The molecule has 3 aromatic rings. The van der Waals surface area contributed by atoms with Crippen molar-refractivity contribution < 1.29 is 8.78 Å². The van der Waals surface area contributed by atoms with Crippen LogP contribution in [0.5, 0.6) is 0 Å². The number of halogens is 2. The largest absolute Gasteiger partial charge is 0.324 e. The van der Waals surface area contributed by atoms with Crippen LogP contribution in [0.1, 0.15) is 25.2 Å². The Morgan fingerprint density at radius 1 is 1.10 bits per heavy atom. The molecule has 0 saturated carbocycles. The van der Waals surface area contributed by atoms with Gasteiger partial charge in [0.15, 0.2) is 11.6 Å². The van der Waals surface area contributed by atoms with Gasteiger partial charge in [0.25, 0.3) is 0 Å². The zero-order valence-corrected chi connectivity index (χ0v) is 12.0. The lowest BCUT2D eigenvalue weighted by Gasteiger charge is -2.06. The smallest absolute Gasteiger partial charge is 0.161 e. The summed E-state index contributed by atoms with van der Waals surface area (Å²) >= 11 is 0. The van der Waals surface area contributed by atoms with Crippen molar-refractivity contribution in [2.45, 2.75) is 33.4 Å². The summed E-state index contributed by atoms with van der Waals surface area (Å²) in [5, 5.41) is 4.49. The molecular formula is C15H16F2N4. The molecular weight excluding hydrogens is 274 g/mol. The van der Waals surface area contributed by atoms with Crippen LogP contribution in [0.2, 0.25) is 0 Å². The lowest BCUT2D eigenvalue weighted by Crippen LogP contribution is -2.07. The van der Waals surface area contributed by atoms with E-state index >= 15 is 0 Å². The maximum Gasteiger partial charge on any atom is 0.161 e. The number of aromatic nitrogens is 4. The molecule has 0 aliphatic rings. The maximum atomic E-state index is 13.4. The van der Waals surface area contributed by atoms with Crippen molar-refractivity contribution in [2.24, 2.45) is 0 Å². The second kappa shape index (κ2) is 5.27. The number of hydrogen-bond donors (Lipinski definition) is 0. The fraction of sp³-hybridized carbons (Fsp3) is 0.333. The minimum atomic E-state index is -0.875. The number of benzene rings is 1. The van der Waals surface area contributed by atoms with Crippen LogP contribution in [0.25, 0.3) is 11.0 Å². The lowest BCUT2D eigenvalue weighted by molar-refractivity contribution is 0.510. The SMILES string of the molecule is CCc1cc(Cn2cnc3cc(F)c(F)cc32)n(CC)n1. The molecule has 21 heavy (non-hydrogen) atoms. The number of hydrogen-bond acceptors (Lipinski definition) is 2. The van der Waals surface area contributed by atoms with Gasteiger partial charge in [0, 0.05) is 18.7 Å². The molecule has 0 aliphatic heterocycles. The molecule has 0 bridgehead atoms. The van der Waals surface area contributed by atoms with Gasteiger partial charge in [0.05, 0.1) is 35.3 Å². The van der Waals surface area contributed by atoms with Gasteiger partial charge in [-0.1, -0.05) is 6.92 Å². The number of imidazole rings is 1. The van der Waals surface area contributed by atoms with Crippen LogP contribution in [-0.2, 0) is 19.5 Å². The first-order valence-corrected chi connectivity index (χ1v) is 6.97. The van der Waals surface area contributed by atoms with Crippen molar-refractivity contribution in [1.29, 1.82) is 0 Å². The Hall–Kier alpha value is -2.24. The van der Waals surface area contributed by atoms with E-state index in [9.17, 15) is 8.78 Å². The Morgan fingerprint density at radius 2 is 1.86 bits per heavy atom. The van der Waals surface area contributed by atoms with Gasteiger partial charge in [0.2, 0.25) is 0 Å². The number of nitrogens with zero attached hydrogens (tertiary/aromatic N) is 4. The third-order valence-corrected chi connectivity index (χ3v) is 3.57. The Bertz CT molecular complexity index is 788. The fourth-order valence-electron chi connectivity index (χ4n) is 2.44. The molecule has 2 aromatic heterocycles. The summed E-state index contributed by atoms with van der Waals surface area (Å²) in [6.07, 6.45) is 2.46. The highest BCUT2D eigenvalue weighted by Gasteiger charge is 2.12. The van der Waals surface area contributed by atoms with Crippen molar-refractivity contribution in [3.05, 3.63) is 47.5 Å². The molecule has 6 heteroatoms. The molecule has 3 rings (SSSR count). The van der Waals surface area contributed by atoms with Crippen molar-refractivity contribution >= 4 is 11.0 Å². The van der Waals surface area contributed by atoms with Gasteiger partial charge in [-0.05, 0) is 19.4 Å². The molecule has 0 unspecified atom stereocenters. The topological polar surface area (TPSA) is 35.6 Å². The van der Waals surface area contributed by atoms with E-state index in [0.717, 1.165) is 30.4 Å².